The molecular formula is C19H28N2. The van der Waals surface area contributed by atoms with Gasteiger partial charge in [-0.3, -0.25) is 9.80 Å². The van der Waals surface area contributed by atoms with Gasteiger partial charge in [0.25, 0.3) is 0 Å². The van der Waals surface area contributed by atoms with Crippen LogP contribution in [0.5, 0.6) is 0 Å². The number of nitrogens with zero attached hydrogens (tertiary/aromatic N) is 2. The van der Waals surface area contributed by atoms with E-state index >= 15 is 0 Å². The highest BCUT2D eigenvalue weighted by Gasteiger charge is 2.39. The topological polar surface area (TPSA) is 6.48 Å². The molecule has 0 N–H and O–H groups in total. The van der Waals surface area contributed by atoms with Crippen LogP contribution in [0, 0.1) is 0 Å². The molecule has 21 heavy (non-hydrogen) atoms. The Hall–Kier alpha value is -0.860. The fourth-order valence-corrected chi connectivity index (χ4v) is 4.82. The minimum atomic E-state index is 0.628. The number of hydrogen-bond acceptors (Lipinski definition) is 2. The number of hydrogen-bond donors (Lipinski definition) is 0. The highest BCUT2D eigenvalue weighted by atomic mass is 15.3. The molecule has 0 bridgehead atoms. The summed E-state index contributed by atoms with van der Waals surface area (Å²) < 4.78 is 0. The second kappa shape index (κ2) is 6.10. The van der Waals surface area contributed by atoms with Gasteiger partial charge in [-0.05, 0) is 37.8 Å². The van der Waals surface area contributed by atoms with Crippen molar-refractivity contribution >= 4 is 0 Å². The third kappa shape index (κ3) is 2.76. The van der Waals surface area contributed by atoms with Crippen molar-refractivity contribution in [2.75, 3.05) is 19.6 Å². The molecule has 0 amide bonds. The molecule has 1 aromatic rings. The van der Waals surface area contributed by atoms with Gasteiger partial charge in [0, 0.05) is 31.2 Å². The lowest BCUT2D eigenvalue weighted by atomic mass is 9.92. The standard InChI is InChI=1S/C19H28N2/c1-2-8-16(9-3-1)19-15-20-13-7-6-12-18(20)14-21(19)17-10-4-5-11-17/h1-3,8-9,17-19H,4-7,10-15H2. The summed E-state index contributed by atoms with van der Waals surface area (Å²) in [5, 5.41) is 0. The van der Waals surface area contributed by atoms with E-state index in [1.54, 1.807) is 0 Å². The van der Waals surface area contributed by atoms with Crippen LogP contribution < -0.4 is 0 Å². The van der Waals surface area contributed by atoms with Gasteiger partial charge in [-0.2, -0.15) is 0 Å². The molecule has 3 aliphatic rings. The van der Waals surface area contributed by atoms with Gasteiger partial charge >= 0.3 is 0 Å². The first kappa shape index (κ1) is 13.8. The molecule has 3 fully saturated rings. The minimum absolute atomic E-state index is 0.628. The lowest BCUT2D eigenvalue weighted by Gasteiger charge is -2.50. The van der Waals surface area contributed by atoms with Crippen LogP contribution in [0.2, 0.25) is 0 Å². The SMILES string of the molecule is c1ccc(C2CN3CCCCC3CN2C2CCCC2)cc1. The van der Waals surface area contributed by atoms with Gasteiger partial charge in [-0.15, -0.1) is 0 Å². The number of rotatable bonds is 2. The summed E-state index contributed by atoms with van der Waals surface area (Å²) in [5.41, 5.74) is 1.54. The Morgan fingerprint density at radius 2 is 1.48 bits per heavy atom. The van der Waals surface area contributed by atoms with Crippen LogP contribution in [-0.2, 0) is 0 Å². The normalized spacial score (nSPS) is 32.2. The van der Waals surface area contributed by atoms with E-state index in [1.807, 2.05) is 0 Å². The Morgan fingerprint density at radius 3 is 2.29 bits per heavy atom. The lowest BCUT2D eigenvalue weighted by molar-refractivity contribution is -0.0140. The average molecular weight is 284 g/mol. The van der Waals surface area contributed by atoms with Crippen LogP contribution in [-0.4, -0.2) is 41.5 Å². The molecule has 2 nitrogen and oxygen atoms in total. The van der Waals surface area contributed by atoms with Gasteiger partial charge in [0.15, 0.2) is 0 Å². The summed E-state index contributed by atoms with van der Waals surface area (Å²) in [4.78, 5) is 5.67. The summed E-state index contributed by atoms with van der Waals surface area (Å²) in [6.45, 7) is 3.89. The fourth-order valence-electron chi connectivity index (χ4n) is 4.82. The van der Waals surface area contributed by atoms with E-state index in [9.17, 15) is 0 Å². The van der Waals surface area contributed by atoms with Crippen LogP contribution in [0.1, 0.15) is 56.6 Å². The van der Waals surface area contributed by atoms with Crippen LogP contribution in [0.15, 0.2) is 30.3 Å². The molecule has 2 aliphatic heterocycles. The molecular weight excluding hydrogens is 256 g/mol. The predicted molar refractivity (Wildman–Crippen MR) is 87.4 cm³/mol. The Morgan fingerprint density at radius 1 is 0.762 bits per heavy atom. The lowest BCUT2D eigenvalue weighted by Crippen LogP contribution is -2.58. The van der Waals surface area contributed by atoms with E-state index in [0.29, 0.717) is 6.04 Å². The van der Waals surface area contributed by atoms with Gasteiger partial charge in [0.1, 0.15) is 0 Å². The highest BCUT2D eigenvalue weighted by molar-refractivity contribution is 5.21. The third-order valence-corrected chi connectivity index (χ3v) is 5.96. The number of benzene rings is 1. The zero-order chi connectivity index (χ0) is 14.1. The number of piperazine rings is 1. The van der Waals surface area contributed by atoms with Crippen molar-refractivity contribution in [2.24, 2.45) is 0 Å². The van der Waals surface area contributed by atoms with Crippen molar-refractivity contribution in [3.05, 3.63) is 35.9 Å². The summed E-state index contributed by atoms with van der Waals surface area (Å²) in [6, 6.07) is 13.6. The molecule has 0 radical (unpaired) electrons. The maximum Gasteiger partial charge on any atom is 0.0478 e. The van der Waals surface area contributed by atoms with Gasteiger partial charge in [0.2, 0.25) is 0 Å². The Labute approximate surface area is 129 Å². The van der Waals surface area contributed by atoms with Crippen molar-refractivity contribution in [3.8, 4) is 0 Å². The smallest absolute Gasteiger partial charge is 0.0478 e. The van der Waals surface area contributed by atoms with Crippen molar-refractivity contribution in [3.63, 3.8) is 0 Å². The molecule has 2 unspecified atom stereocenters. The van der Waals surface area contributed by atoms with Gasteiger partial charge in [-0.25, -0.2) is 0 Å². The maximum absolute atomic E-state index is 2.88. The first-order valence-electron chi connectivity index (χ1n) is 8.96. The van der Waals surface area contributed by atoms with Crippen LogP contribution in [0.4, 0.5) is 0 Å². The monoisotopic (exact) mass is 284 g/mol. The van der Waals surface area contributed by atoms with Crippen molar-refractivity contribution in [1.82, 2.24) is 9.80 Å². The Balaban J connectivity index is 1.60. The first-order valence-corrected chi connectivity index (χ1v) is 8.96. The number of fused-ring (bicyclic) bond motifs is 1. The highest BCUT2D eigenvalue weighted by Crippen LogP contribution is 2.37. The molecule has 0 spiro atoms. The molecule has 2 atom stereocenters. The van der Waals surface area contributed by atoms with Gasteiger partial charge in [0.05, 0.1) is 0 Å². The first-order chi connectivity index (χ1) is 10.4. The van der Waals surface area contributed by atoms with Crippen LogP contribution >= 0.6 is 0 Å². The number of piperidine rings is 1. The molecule has 4 rings (SSSR count). The third-order valence-electron chi connectivity index (χ3n) is 5.96. The zero-order valence-corrected chi connectivity index (χ0v) is 13.1. The quantitative estimate of drug-likeness (QED) is 0.814. The second-order valence-corrected chi connectivity index (χ2v) is 7.21. The predicted octanol–water partition coefficient (Wildman–Crippen LogP) is 3.84. The molecule has 1 aromatic carbocycles. The van der Waals surface area contributed by atoms with Crippen molar-refractivity contribution < 1.29 is 0 Å². The molecule has 2 heterocycles. The Kier molecular flexibility index (Phi) is 4.00. The molecule has 114 valence electrons. The largest absolute Gasteiger partial charge is 0.297 e. The van der Waals surface area contributed by atoms with E-state index in [1.165, 1.54) is 70.1 Å². The van der Waals surface area contributed by atoms with Gasteiger partial charge < -0.3 is 0 Å². The molecule has 2 heteroatoms. The minimum Gasteiger partial charge on any atom is -0.297 e. The van der Waals surface area contributed by atoms with Crippen LogP contribution in [0.3, 0.4) is 0 Å². The van der Waals surface area contributed by atoms with Crippen LogP contribution in [0.25, 0.3) is 0 Å². The molecule has 0 aromatic heterocycles. The van der Waals surface area contributed by atoms with E-state index in [4.69, 9.17) is 0 Å². The summed E-state index contributed by atoms with van der Waals surface area (Å²) in [5.74, 6) is 0. The summed E-state index contributed by atoms with van der Waals surface area (Å²) in [6.07, 6.45) is 10.0. The second-order valence-electron chi connectivity index (χ2n) is 7.21. The molecule has 1 aliphatic carbocycles. The maximum atomic E-state index is 2.88. The summed E-state index contributed by atoms with van der Waals surface area (Å²) >= 11 is 0. The van der Waals surface area contributed by atoms with Crippen molar-refractivity contribution in [2.45, 2.75) is 63.1 Å². The van der Waals surface area contributed by atoms with Gasteiger partial charge in [-0.1, -0.05) is 49.6 Å². The van der Waals surface area contributed by atoms with E-state index in [-0.39, 0.29) is 0 Å². The van der Waals surface area contributed by atoms with E-state index in [2.05, 4.69) is 40.1 Å². The van der Waals surface area contributed by atoms with E-state index in [0.717, 1.165) is 12.1 Å². The molecule has 1 saturated carbocycles. The van der Waals surface area contributed by atoms with Crippen molar-refractivity contribution in [1.29, 1.82) is 0 Å². The zero-order valence-electron chi connectivity index (χ0n) is 13.1. The van der Waals surface area contributed by atoms with E-state index < -0.39 is 0 Å². The average Bonchev–Trinajstić information content (AvgIpc) is 3.09. The fraction of sp³-hybridized carbons (Fsp3) is 0.684. The summed E-state index contributed by atoms with van der Waals surface area (Å²) in [7, 11) is 0. The molecule has 2 saturated heterocycles. The Bertz CT molecular complexity index is 452.